The molecule has 6 nitrogen and oxygen atoms in total. The van der Waals surface area contributed by atoms with Gasteiger partial charge in [-0.25, -0.2) is 9.67 Å². The molecule has 0 saturated carbocycles. The van der Waals surface area contributed by atoms with Crippen LogP contribution in [0, 0.1) is 0 Å². The van der Waals surface area contributed by atoms with Gasteiger partial charge in [0.1, 0.15) is 19.2 Å². The summed E-state index contributed by atoms with van der Waals surface area (Å²) in [5, 5.41) is 6.46. The van der Waals surface area contributed by atoms with Crippen LogP contribution in [-0.2, 0) is 11.3 Å². The van der Waals surface area contributed by atoms with Crippen molar-refractivity contribution in [3.05, 3.63) is 12.7 Å². The Hall–Kier alpha value is -1.43. The predicted molar refractivity (Wildman–Crippen MR) is 46.7 cm³/mol. The van der Waals surface area contributed by atoms with E-state index in [0.29, 0.717) is 6.54 Å². The van der Waals surface area contributed by atoms with E-state index >= 15 is 0 Å². The zero-order valence-electron chi connectivity index (χ0n) is 7.47. The Morgan fingerprint density at radius 3 is 3.08 bits per heavy atom. The molecular formula is C7H13N5O. The lowest BCUT2D eigenvalue weighted by molar-refractivity contribution is -0.121. The molecule has 0 aliphatic heterocycles. The van der Waals surface area contributed by atoms with Gasteiger partial charge in [-0.15, -0.1) is 0 Å². The standard InChI is InChI=1S/C7H13N5O/c1-6(8)2-10-7(13)3-12-5-9-4-11-12/h4-6H,2-3,8H2,1H3,(H,10,13). The van der Waals surface area contributed by atoms with Crippen molar-refractivity contribution in [1.82, 2.24) is 20.1 Å². The van der Waals surface area contributed by atoms with Crippen LogP contribution in [0.1, 0.15) is 6.92 Å². The van der Waals surface area contributed by atoms with Gasteiger partial charge >= 0.3 is 0 Å². The van der Waals surface area contributed by atoms with Crippen molar-refractivity contribution in [3.63, 3.8) is 0 Å². The van der Waals surface area contributed by atoms with Crippen molar-refractivity contribution < 1.29 is 4.79 Å². The molecule has 6 heteroatoms. The summed E-state index contributed by atoms with van der Waals surface area (Å²) in [6.07, 6.45) is 2.88. The molecule has 1 amide bonds. The Balaban J connectivity index is 2.26. The van der Waals surface area contributed by atoms with Crippen LogP contribution in [0.25, 0.3) is 0 Å². The van der Waals surface area contributed by atoms with Gasteiger partial charge in [0.25, 0.3) is 0 Å². The minimum absolute atomic E-state index is 0.0281. The first-order valence-electron chi connectivity index (χ1n) is 4.03. The maximum atomic E-state index is 11.2. The molecule has 13 heavy (non-hydrogen) atoms. The lowest BCUT2D eigenvalue weighted by atomic mass is 10.3. The number of nitrogens with one attached hydrogen (secondary N) is 1. The topological polar surface area (TPSA) is 85.8 Å². The number of nitrogens with zero attached hydrogens (tertiary/aromatic N) is 3. The maximum absolute atomic E-state index is 11.2. The Morgan fingerprint density at radius 1 is 1.77 bits per heavy atom. The van der Waals surface area contributed by atoms with Gasteiger partial charge in [-0.05, 0) is 6.92 Å². The Labute approximate surface area is 76.1 Å². The van der Waals surface area contributed by atoms with Crippen molar-refractivity contribution in [3.8, 4) is 0 Å². The highest BCUT2D eigenvalue weighted by Gasteiger charge is 2.02. The SMILES string of the molecule is CC(N)CNC(=O)Cn1cncn1. The van der Waals surface area contributed by atoms with E-state index in [1.807, 2.05) is 6.92 Å². The largest absolute Gasteiger partial charge is 0.353 e. The van der Waals surface area contributed by atoms with Gasteiger partial charge < -0.3 is 11.1 Å². The van der Waals surface area contributed by atoms with E-state index in [9.17, 15) is 4.79 Å². The van der Waals surface area contributed by atoms with Crippen LogP contribution in [0.5, 0.6) is 0 Å². The molecule has 1 unspecified atom stereocenters. The third-order valence-corrected chi connectivity index (χ3v) is 1.39. The number of amides is 1. The fourth-order valence-corrected chi connectivity index (χ4v) is 0.792. The zero-order chi connectivity index (χ0) is 9.68. The van der Waals surface area contributed by atoms with Crippen molar-refractivity contribution in [2.45, 2.75) is 19.5 Å². The van der Waals surface area contributed by atoms with Gasteiger partial charge in [0.05, 0.1) is 0 Å². The van der Waals surface area contributed by atoms with Crippen molar-refractivity contribution in [2.24, 2.45) is 5.73 Å². The Bertz CT molecular complexity index is 256. The second-order valence-electron chi connectivity index (χ2n) is 2.87. The molecule has 72 valence electrons. The summed E-state index contributed by atoms with van der Waals surface area (Å²) in [7, 11) is 0. The summed E-state index contributed by atoms with van der Waals surface area (Å²) >= 11 is 0. The van der Waals surface area contributed by atoms with Crippen LogP contribution in [-0.4, -0.2) is 33.3 Å². The van der Waals surface area contributed by atoms with E-state index in [2.05, 4.69) is 15.4 Å². The monoisotopic (exact) mass is 183 g/mol. The average Bonchev–Trinajstić information content (AvgIpc) is 2.53. The van der Waals surface area contributed by atoms with Crippen LogP contribution in [0.2, 0.25) is 0 Å². The minimum Gasteiger partial charge on any atom is -0.353 e. The summed E-state index contributed by atoms with van der Waals surface area (Å²) in [6, 6.07) is -0.0281. The highest BCUT2D eigenvalue weighted by atomic mass is 16.2. The zero-order valence-corrected chi connectivity index (χ0v) is 7.47. The molecule has 0 saturated heterocycles. The molecule has 1 atom stereocenters. The lowest BCUT2D eigenvalue weighted by Gasteiger charge is -2.06. The molecule has 0 aliphatic rings. The fraction of sp³-hybridized carbons (Fsp3) is 0.571. The van der Waals surface area contributed by atoms with Gasteiger partial charge in [0, 0.05) is 12.6 Å². The first kappa shape index (κ1) is 9.66. The first-order valence-corrected chi connectivity index (χ1v) is 4.03. The van der Waals surface area contributed by atoms with E-state index in [1.165, 1.54) is 17.3 Å². The molecule has 0 aromatic carbocycles. The second kappa shape index (κ2) is 4.56. The molecule has 1 rings (SSSR count). The van der Waals surface area contributed by atoms with Crippen molar-refractivity contribution in [2.75, 3.05) is 6.54 Å². The number of aromatic nitrogens is 3. The van der Waals surface area contributed by atoms with Gasteiger partial charge in [-0.1, -0.05) is 0 Å². The number of rotatable bonds is 4. The quantitative estimate of drug-likeness (QED) is 0.610. The van der Waals surface area contributed by atoms with Gasteiger partial charge in [-0.3, -0.25) is 4.79 Å². The van der Waals surface area contributed by atoms with Crippen LogP contribution in [0.3, 0.4) is 0 Å². The van der Waals surface area contributed by atoms with E-state index in [0.717, 1.165) is 0 Å². The first-order chi connectivity index (χ1) is 6.18. The third kappa shape index (κ3) is 3.66. The molecule has 3 N–H and O–H groups in total. The van der Waals surface area contributed by atoms with Crippen LogP contribution in [0.15, 0.2) is 12.7 Å². The fourth-order valence-electron chi connectivity index (χ4n) is 0.792. The van der Waals surface area contributed by atoms with E-state index in [-0.39, 0.29) is 18.5 Å². The molecule has 1 aromatic heterocycles. The van der Waals surface area contributed by atoms with Crippen LogP contribution in [0.4, 0.5) is 0 Å². The number of hydrogen-bond donors (Lipinski definition) is 2. The Kier molecular flexibility index (Phi) is 3.39. The predicted octanol–water partition coefficient (Wildman–Crippen LogP) is -1.26. The number of carbonyl (C=O) groups excluding carboxylic acids is 1. The molecule has 0 fully saturated rings. The minimum atomic E-state index is -0.109. The lowest BCUT2D eigenvalue weighted by Crippen LogP contribution is -2.36. The molecule has 0 spiro atoms. The third-order valence-electron chi connectivity index (χ3n) is 1.39. The molecular weight excluding hydrogens is 170 g/mol. The van der Waals surface area contributed by atoms with E-state index < -0.39 is 0 Å². The summed E-state index contributed by atoms with van der Waals surface area (Å²) < 4.78 is 1.45. The van der Waals surface area contributed by atoms with Crippen LogP contribution < -0.4 is 11.1 Å². The molecule has 1 aromatic rings. The van der Waals surface area contributed by atoms with Crippen molar-refractivity contribution >= 4 is 5.91 Å². The van der Waals surface area contributed by atoms with Gasteiger partial charge in [-0.2, -0.15) is 5.10 Å². The van der Waals surface area contributed by atoms with Crippen LogP contribution >= 0.6 is 0 Å². The number of hydrogen-bond acceptors (Lipinski definition) is 4. The second-order valence-corrected chi connectivity index (χ2v) is 2.87. The molecule has 0 aliphatic carbocycles. The van der Waals surface area contributed by atoms with E-state index in [4.69, 9.17) is 5.73 Å². The molecule has 0 bridgehead atoms. The van der Waals surface area contributed by atoms with Gasteiger partial charge in [0.15, 0.2) is 0 Å². The van der Waals surface area contributed by atoms with Crippen molar-refractivity contribution in [1.29, 1.82) is 0 Å². The normalized spacial score (nSPS) is 12.5. The van der Waals surface area contributed by atoms with E-state index in [1.54, 1.807) is 0 Å². The summed E-state index contributed by atoms with van der Waals surface area (Å²) in [4.78, 5) is 14.9. The summed E-state index contributed by atoms with van der Waals surface area (Å²) in [5.41, 5.74) is 5.46. The average molecular weight is 183 g/mol. The Morgan fingerprint density at radius 2 is 2.54 bits per heavy atom. The highest BCUT2D eigenvalue weighted by molar-refractivity contribution is 5.75. The highest BCUT2D eigenvalue weighted by Crippen LogP contribution is 1.80. The summed E-state index contributed by atoms with van der Waals surface area (Å²) in [6.45, 7) is 2.50. The number of nitrogens with two attached hydrogens (primary N) is 1. The maximum Gasteiger partial charge on any atom is 0.241 e. The smallest absolute Gasteiger partial charge is 0.241 e. The van der Waals surface area contributed by atoms with Gasteiger partial charge in [0.2, 0.25) is 5.91 Å². The molecule has 0 radical (unpaired) electrons. The molecule has 1 heterocycles. The summed E-state index contributed by atoms with van der Waals surface area (Å²) in [5.74, 6) is -0.109. The number of carbonyl (C=O) groups is 1.